The fraction of sp³-hybridized carbons (Fsp3) is 0.200. The maximum atomic E-state index is 13.7. The first kappa shape index (κ1) is 30.0. The summed E-state index contributed by atoms with van der Waals surface area (Å²) >= 11 is 8.35. The first-order valence-electron chi connectivity index (χ1n) is 11.6. The van der Waals surface area contributed by atoms with E-state index in [1.54, 1.807) is 31.2 Å². The van der Waals surface area contributed by atoms with E-state index >= 15 is 0 Å². The van der Waals surface area contributed by atoms with E-state index < -0.39 is 29.7 Å². The molecular weight excluding hydrogens is 682 g/mol. The molecule has 2 amide bonds. The summed E-state index contributed by atoms with van der Waals surface area (Å²) in [4.78, 5) is 45.6. The van der Waals surface area contributed by atoms with E-state index in [1.807, 2.05) is 22.6 Å². The molecule has 3 aromatic heterocycles. The second-order valence-electron chi connectivity index (χ2n) is 8.59. The molecule has 0 aliphatic heterocycles. The molecular formula is C25H20ClF3IN7O4. The molecule has 2 N–H and O–H groups in total. The van der Waals surface area contributed by atoms with E-state index in [2.05, 4.69) is 30.7 Å². The number of hydrazine groups is 1. The number of aryl methyl sites for hydroxylation is 1. The summed E-state index contributed by atoms with van der Waals surface area (Å²) in [5, 5.41) is 4.58. The predicted octanol–water partition coefficient (Wildman–Crippen LogP) is 4.52. The molecule has 0 bridgehead atoms. The number of rotatable bonds is 7. The lowest BCUT2D eigenvalue weighted by Gasteiger charge is -2.14. The Kier molecular flexibility index (Phi) is 8.96. The first-order chi connectivity index (χ1) is 19.4. The first-order valence-corrected chi connectivity index (χ1v) is 13.1. The zero-order valence-electron chi connectivity index (χ0n) is 21.3. The molecule has 0 aliphatic rings. The molecule has 1 aromatic carbocycles. The maximum Gasteiger partial charge on any atom is 0.434 e. The van der Waals surface area contributed by atoms with Gasteiger partial charge in [0.1, 0.15) is 5.69 Å². The van der Waals surface area contributed by atoms with Crippen LogP contribution in [0.5, 0.6) is 0 Å². The second kappa shape index (κ2) is 12.3. The molecule has 4 rings (SSSR count). The molecule has 0 aliphatic carbocycles. The standard InChI is InChI=1S/C25H20ClF3IN7O4/c1-13-6-14(30)7-17(23(39)33-34-24(40)41-2)16(13)9-20(38)19-8-15(10-36-11-21(32-12-36)25(27,28)29)35-37(19)22-18(26)4-3-5-31-22/h3-8,11-12H,9-10H2,1-2H3,(H,33,39)(H,34,40). The minimum Gasteiger partial charge on any atom is -0.452 e. The van der Waals surface area contributed by atoms with Crippen LogP contribution >= 0.6 is 34.2 Å². The largest absolute Gasteiger partial charge is 0.452 e. The average Bonchev–Trinajstić information content (AvgIpc) is 3.56. The van der Waals surface area contributed by atoms with Crippen LogP contribution in [-0.2, 0) is 23.9 Å². The molecule has 0 saturated heterocycles. The molecule has 11 nitrogen and oxygen atoms in total. The number of nitrogens with zero attached hydrogens (tertiary/aromatic N) is 5. The highest BCUT2D eigenvalue weighted by molar-refractivity contribution is 14.1. The van der Waals surface area contributed by atoms with Crippen molar-refractivity contribution >= 4 is 52.0 Å². The number of hydrogen-bond acceptors (Lipinski definition) is 7. The van der Waals surface area contributed by atoms with Crippen molar-refractivity contribution in [2.75, 3.05) is 7.11 Å². The number of carbonyl (C=O) groups is 3. The summed E-state index contributed by atoms with van der Waals surface area (Å²) in [6.07, 6.45) is -2.47. The Morgan fingerprint density at radius 1 is 1.15 bits per heavy atom. The van der Waals surface area contributed by atoms with E-state index in [0.717, 1.165) is 19.6 Å². The van der Waals surface area contributed by atoms with Crippen molar-refractivity contribution in [3.8, 4) is 5.82 Å². The molecule has 0 radical (unpaired) electrons. The van der Waals surface area contributed by atoms with Crippen LogP contribution < -0.4 is 10.9 Å². The molecule has 3 heterocycles. The normalized spacial score (nSPS) is 11.3. The number of alkyl halides is 3. The summed E-state index contributed by atoms with van der Waals surface area (Å²) < 4.78 is 46.6. The van der Waals surface area contributed by atoms with Crippen LogP contribution in [0.15, 0.2) is 49.1 Å². The van der Waals surface area contributed by atoms with Gasteiger partial charge in [-0.2, -0.15) is 18.3 Å². The van der Waals surface area contributed by atoms with Gasteiger partial charge >= 0.3 is 12.3 Å². The van der Waals surface area contributed by atoms with Crippen LogP contribution in [0.2, 0.25) is 5.02 Å². The van der Waals surface area contributed by atoms with Gasteiger partial charge in [0, 0.05) is 27.9 Å². The SMILES string of the molecule is COC(=O)NNC(=O)c1cc(I)cc(C)c1CC(=O)c1cc(Cn2cnc(C(F)(F)F)c2)nn1-c1ncccc1Cl. The van der Waals surface area contributed by atoms with Crippen molar-refractivity contribution < 1.29 is 32.3 Å². The summed E-state index contributed by atoms with van der Waals surface area (Å²) in [6.45, 7) is 1.60. The number of hydrogen-bond donors (Lipinski definition) is 2. The number of Topliss-reactive ketones (excluding diaryl/α,β-unsaturated/α-hetero) is 1. The molecule has 4 aromatic rings. The number of pyridine rings is 1. The molecule has 41 heavy (non-hydrogen) atoms. The third-order valence-corrected chi connectivity index (χ3v) is 6.65. The Morgan fingerprint density at radius 3 is 2.56 bits per heavy atom. The van der Waals surface area contributed by atoms with Crippen molar-refractivity contribution in [2.45, 2.75) is 26.1 Å². The highest BCUT2D eigenvalue weighted by Gasteiger charge is 2.33. The van der Waals surface area contributed by atoms with Gasteiger partial charge in [-0.25, -0.2) is 24.9 Å². The fourth-order valence-corrected chi connectivity index (χ4v) is 4.85. The van der Waals surface area contributed by atoms with E-state index in [9.17, 15) is 27.6 Å². The van der Waals surface area contributed by atoms with Crippen LogP contribution in [-0.4, -0.2) is 49.2 Å². The number of carbonyl (C=O) groups excluding carboxylic acids is 3. The number of methoxy groups -OCH3 is 1. The lowest BCUT2D eigenvalue weighted by molar-refractivity contribution is -0.141. The monoisotopic (exact) mass is 701 g/mol. The molecule has 0 saturated carbocycles. The lowest BCUT2D eigenvalue weighted by atomic mass is 9.95. The highest BCUT2D eigenvalue weighted by atomic mass is 127. The Morgan fingerprint density at radius 2 is 1.90 bits per heavy atom. The van der Waals surface area contributed by atoms with Gasteiger partial charge in [0.25, 0.3) is 5.91 Å². The minimum absolute atomic E-state index is 0.0359. The summed E-state index contributed by atoms with van der Waals surface area (Å²) in [6, 6.07) is 7.89. The Labute approximate surface area is 249 Å². The Hall–Kier alpha value is -3.99. The topological polar surface area (TPSA) is 133 Å². The molecule has 0 fully saturated rings. The van der Waals surface area contributed by atoms with Crippen LogP contribution in [0.4, 0.5) is 18.0 Å². The lowest BCUT2D eigenvalue weighted by Crippen LogP contribution is -2.42. The molecule has 0 unspecified atom stereocenters. The minimum atomic E-state index is -4.62. The van der Waals surface area contributed by atoms with Gasteiger partial charge in [0.05, 0.1) is 30.7 Å². The van der Waals surface area contributed by atoms with Gasteiger partial charge < -0.3 is 9.30 Å². The van der Waals surface area contributed by atoms with Gasteiger partial charge in [0.15, 0.2) is 17.3 Å². The number of amides is 2. The van der Waals surface area contributed by atoms with Crippen LogP contribution in [0, 0.1) is 10.5 Å². The number of imidazole rings is 1. The van der Waals surface area contributed by atoms with Gasteiger partial charge in [-0.15, -0.1) is 0 Å². The van der Waals surface area contributed by atoms with E-state index in [1.165, 1.54) is 21.5 Å². The van der Waals surface area contributed by atoms with E-state index in [4.69, 9.17) is 11.6 Å². The van der Waals surface area contributed by atoms with Gasteiger partial charge in [-0.3, -0.25) is 15.0 Å². The number of halogens is 5. The fourth-order valence-electron chi connectivity index (χ4n) is 3.87. The van der Waals surface area contributed by atoms with Crippen molar-refractivity contribution in [1.82, 2.24) is 35.2 Å². The van der Waals surface area contributed by atoms with Crippen molar-refractivity contribution in [1.29, 1.82) is 0 Å². The quantitative estimate of drug-likeness (QED) is 0.165. The van der Waals surface area contributed by atoms with Gasteiger partial charge in [-0.05, 0) is 71.0 Å². The summed E-state index contributed by atoms with van der Waals surface area (Å²) in [5.41, 5.74) is 4.68. The van der Waals surface area contributed by atoms with Crippen LogP contribution in [0.3, 0.4) is 0 Å². The molecule has 0 atom stereocenters. The second-order valence-corrected chi connectivity index (χ2v) is 10.2. The van der Waals surface area contributed by atoms with Crippen molar-refractivity contribution in [3.63, 3.8) is 0 Å². The number of ketones is 1. The van der Waals surface area contributed by atoms with Crippen LogP contribution in [0.1, 0.15) is 43.4 Å². The average molecular weight is 702 g/mol. The highest BCUT2D eigenvalue weighted by Crippen LogP contribution is 2.28. The van der Waals surface area contributed by atoms with E-state index in [0.29, 0.717) is 14.7 Å². The number of ether oxygens (including phenoxy) is 1. The Bertz CT molecular complexity index is 1640. The van der Waals surface area contributed by atoms with E-state index in [-0.39, 0.29) is 40.8 Å². The Balaban J connectivity index is 1.71. The predicted molar refractivity (Wildman–Crippen MR) is 148 cm³/mol. The third kappa shape index (κ3) is 7.02. The maximum absolute atomic E-state index is 13.7. The third-order valence-electron chi connectivity index (χ3n) is 5.74. The van der Waals surface area contributed by atoms with Gasteiger partial charge in [-0.1, -0.05) is 11.6 Å². The molecule has 0 spiro atoms. The van der Waals surface area contributed by atoms with Gasteiger partial charge in [0.2, 0.25) is 0 Å². The zero-order chi connectivity index (χ0) is 29.9. The number of benzene rings is 1. The zero-order valence-corrected chi connectivity index (χ0v) is 24.2. The van der Waals surface area contributed by atoms with Crippen molar-refractivity contribution in [3.05, 3.63) is 91.4 Å². The summed E-state index contributed by atoms with van der Waals surface area (Å²) in [5.74, 6) is -1.03. The number of nitrogens with one attached hydrogen (secondary N) is 2. The smallest absolute Gasteiger partial charge is 0.434 e. The summed E-state index contributed by atoms with van der Waals surface area (Å²) in [7, 11) is 1.13. The number of aromatic nitrogens is 5. The van der Waals surface area contributed by atoms with Crippen LogP contribution in [0.25, 0.3) is 5.82 Å². The van der Waals surface area contributed by atoms with Crippen molar-refractivity contribution in [2.24, 2.45) is 0 Å². The molecule has 214 valence electrons. The molecule has 16 heteroatoms.